The second-order valence-electron chi connectivity index (χ2n) is 1.23. The van der Waals surface area contributed by atoms with Gasteiger partial charge in [-0.05, 0) is 31.9 Å². The zero-order valence-corrected chi connectivity index (χ0v) is 7.03. The van der Waals surface area contributed by atoms with Gasteiger partial charge in [0, 0.05) is 27.4 Å². The predicted molar refractivity (Wildman–Crippen MR) is 38.5 cm³/mol. The van der Waals surface area contributed by atoms with E-state index in [9.17, 15) is 0 Å². The van der Waals surface area contributed by atoms with Crippen LogP contribution in [-0.4, -0.2) is 4.98 Å². The Bertz CT molecular complexity index is 170. The summed E-state index contributed by atoms with van der Waals surface area (Å²) in [6.07, 6.45) is 3.37. The number of hydrogen-bond acceptors (Lipinski definition) is 1. The molecule has 0 spiro atoms. The first-order chi connectivity index (χ1) is 3.79. The van der Waals surface area contributed by atoms with Crippen molar-refractivity contribution in [1.29, 1.82) is 0 Å². The Labute approximate surface area is 64.4 Å². The Morgan fingerprint density at radius 3 is 2.00 bits per heavy atom. The van der Waals surface area contributed by atoms with E-state index in [4.69, 9.17) is 0 Å². The van der Waals surface area contributed by atoms with Crippen molar-refractivity contribution in [2.24, 2.45) is 0 Å². The lowest BCUT2D eigenvalue weighted by atomic mass is 10.5. The van der Waals surface area contributed by atoms with Gasteiger partial charge in [0.1, 0.15) is 0 Å². The maximum absolute atomic E-state index is 3.86. The number of pyridine rings is 1. The first kappa shape index (κ1) is 6.23. The van der Waals surface area contributed by atoms with Gasteiger partial charge in [-0.2, -0.15) is 0 Å². The molecule has 1 nitrogen and oxygen atoms in total. The molecule has 1 aromatic rings. The molecule has 0 aliphatic heterocycles. The third-order valence-electron chi connectivity index (χ3n) is 0.615. The van der Waals surface area contributed by atoms with Gasteiger partial charge in [-0.15, -0.1) is 0 Å². The minimum absolute atomic E-state index is 0.867. The fourth-order valence-electron chi connectivity index (χ4n) is 0.347. The molecule has 0 amide bonds. The van der Waals surface area contributed by atoms with Crippen LogP contribution in [0.1, 0.15) is 0 Å². The van der Waals surface area contributed by atoms with E-state index in [2.05, 4.69) is 42.9 Å². The monoisotopic (exact) mass is 234 g/mol. The van der Waals surface area contributed by atoms with Crippen LogP contribution in [0.4, 0.5) is 0 Å². The van der Waals surface area contributed by atoms with Crippen molar-refractivity contribution in [3.63, 3.8) is 0 Å². The first-order valence-corrected chi connectivity index (χ1v) is 3.56. The van der Waals surface area contributed by atoms with Gasteiger partial charge in [-0.1, -0.05) is 0 Å². The van der Waals surface area contributed by atoms with E-state index < -0.39 is 0 Å². The minimum Gasteiger partial charge on any atom is -0.262 e. The fraction of sp³-hybridized carbons (Fsp3) is 0. The highest BCUT2D eigenvalue weighted by Gasteiger charge is 1.86. The highest BCUT2D eigenvalue weighted by molar-refractivity contribution is 9.11. The molecule has 0 bridgehead atoms. The lowest BCUT2D eigenvalue weighted by Crippen LogP contribution is -1.70. The van der Waals surface area contributed by atoms with Crippen LogP contribution < -0.4 is 0 Å². The van der Waals surface area contributed by atoms with Crippen LogP contribution in [0.25, 0.3) is 0 Å². The summed E-state index contributed by atoms with van der Waals surface area (Å²) in [6, 6.07) is 2.94. The summed E-state index contributed by atoms with van der Waals surface area (Å²) in [5.41, 5.74) is 0. The summed E-state index contributed by atoms with van der Waals surface area (Å²) < 4.78 is 1.73. The van der Waals surface area contributed by atoms with Gasteiger partial charge in [-0.3, -0.25) is 4.98 Å². The molecule has 0 aliphatic carbocycles. The lowest BCUT2D eigenvalue weighted by molar-refractivity contribution is 1.28. The Kier molecular flexibility index (Phi) is 2.02. The second-order valence-corrected chi connectivity index (χ2v) is 2.94. The molecule has 0 saturated carbocycles. The SMILES string of the molecule is Brc1[c]c(Br)cnc1. The number of nitrogens with zero attached hydrogens (tertiary/aromatic N) is 1. The number of rotatable bonds is 0. The first-order valence-electron chi connectivity index (χ1n) is 1.97. The van der Waals surface area contributed by atoms with Crippen LogP contribution >= 0.6 is 31.9 Å². The van der Waals surface area contributed by atoms with Crippen molar-refractivity contribution in [1.82, 2.24) is 4.98 Å². The van der Waals surface area contributed by atoms with Crippen molar-refractivity contribution in [2.45, 2.75) is 0 Å². The Morgan fingerprint density at radius 1 is 1.25 bits per heavy atom. The predicted octanol–water partition coefficient (Wildman–Crippen LogP) is 2.41. The fourth-order valence-corrected chi connectivity index (χ4v) is 1.28. The molecule has 1 rings (SSSR count). The maximum atomic E-state index is 3.86. The smallest absolute Gasteiger partial charge is 0.0449 e. The number of hydrogen-bond donors (Lipinski definition) is 0. The van der Waals surface area contributed by atoms with Gasteiger partial charge in [0.15, 0.2) is 0 Å². The topological polar surface area (TPSA) is 12.9 Å². The second kappa shape index (κ2) is 2.60. The molecule has 8 heavy (non-hydrogen) atoms. The normalized spacial score (nSPS) is 9.25. The molecule has 0 aliphatic rings. The van der Waals surface area contributed by atoms with Gasteiger partial charge in [0.2, 0.25) is 0 Å². The molecule has 0 unspecified atom stereocenters. The highest BCUT2D eigenvalue weighted by Crippen LogP contribution is 2.12. The zero-order valence-electron chi connectivity index (χ0n) is 3.86. The molecule has 0 atom stereocenters. The van der Waals surface area contributed by atoms with E-state index in [1.165, 1.54) is 0 Å². The van der Waals surface area contributed by atoms with Crippen LogP contribution in [0.15, 0.2) is 21.3 Å². The lowest BCUT2D eigenvalue weighted by Gasteiger charge is -1.85. The molecule has 0 N–H and O–H groups in total. The average molecular weight is 236 g/mol. The van der Waals surface area contributed by atoms with Gasteiger partial charge in [-0.25, -0.2) is 0 Å². The third kappa shape index (κ3) is 1.56. The molecule has 1 aromatic heterocycles. The van der Waals surface area contributed by atoms with Crippen LogP contribution in [0.5, 0.6) is 0 Å². The van der Waals surface area contributed by atoms with E-state index in [1.54, 1.807) is 12.4 Å². The standard InChI is InChI=1S/C5H2Br2N/c6-4-1-5(7)3-8-2-4/h2-3H. The Morgan fingerprint density at radius 2 is 1.75 bits per heavy atom. The van der Waals surface area contributed by atoms with Crippen LogP contribution in [0.3, 0.4) is 0 Å². The number of halogens is 2. The summed E-state index contributed by atoms with van der Waals surface area (Å²) in [5.74, 6) is 0. The Balaban J connectivity index is 3.08. The van der Waals surface area contributed by atoms with E-state index >= 15 is 0 Å². The van der Waals surface area contributed by atoms with E-state index in [-0.39, 0.29) is 0 Å². The maximum Gasteiger partial charge on any atom is 0.0449 e. The Hall–Kier alpha value is 0.110. The van der Waals surface area contributed by atoms with Crippen molar-refractivity contribution >= 4 is 31.9 Å². The molecule has 0 aromatic carbocycles. The van der Waals surface area contributed by atoms with Gasteiger partial charge in [0.25, 0.3) is 0 Å². The van der Waals surface area contributed by atoms with Gasteiger partial charge >= 0.3 is 0 Å². The van der Waals surface area contributed by atoms with E-state index in [0.29, 0.717) is 0 Å². The minimum atomic E-state index is 0.867. The van der Waals surface area contributed by atoms with Gasteiger partial charge in [0.05, 0.1) is 0 Å². The molecule has 41 valence electrons. The zero-order chi connectivity index (χ0) is 5.98. The summed E-state index contributed by atoms with van der Waals surface area (Å²) in [6.45, 7) is 0. The molecule has 1 heterocycles. The summed E-state index contributed by atoms with van der Waals surface area (Å²) in [5, 5.41) is 0. The largest absolute Gasteiger partial charge is 0.262 e. The summed E-state index contributed by atoms with van der Waals surface area (Å²) in [4.78, 5) is 3.86. The quantitative estimate of drug-likeness (QED) is 0.673. The van der Waals surface area contributed by atoms with Crippen molar-refractivity contribution in [3.05, 3.63) is 27.4 Å². The van der Waals surface area contributed by atoms with Crippen molar-refractivity contribution in [2.75, 3.05) is 0 Å². The third-order valence-corrected chi connectivity index (χ3v) is 1.42. The molecular weight excluding hydrogens is 234 g/mol. The van der Waals surface area contributed by atoms with E-state index in [0.717, 1.165) is 8.95 Å². The van der Waals surface area contributed by atoms with Crippen molar-refractivity contribution < 1.29 is 0 Å². The molecular formula is C5H2Br2N. The van der Waals surface area contributed by atoms with Gasteiger partial charge < -0.3 is 0 Å². The van der Waals surface area contributed by atoms with Crippen LogP contribution in [-0.2, 0) is 0 Å². The molecule has 0 fully saturated rings. The molecule has 1 radical (unpaired) electrons. The van der Waals surface area contributed by atoms with Crippen LogP contribution in [0, 0.1) is 6.07 Å². The number of aromatic nitrogens is 1. The summed E-state index contributed by atoms with van der Waals surface area (Å²) in [7, 11) is 0. The van der Waals surface area contributed by atoms with Crippen LogP contribution in [0.2, 0.25) is 0 Å². The average Bonchev–Trinajstić information content (AvgIpc) is 1.64. The van der Waals surface area contributed by atoms with E-state index in [1.807, 2.05) is 0 Å². The highest BCUT2D eigenvalue weighted by atomic mass is 79.9. The summed E-state index contributed by atoms with van der Waals surface area (Å²) >= 11 is 6.43. The van der Waals surface area contributed by atoms with Crippen molar-refractivity contribution in [3.8, 4) is 0 Å². The molecule has 3 heteroatoms. The molecule has 0 saturated heterocycles.